The van der Waals surface area contributed by atoms with Gasteiger partial charge in [-0.1, -0.05) is 26.0 Å². The molecule has 2 heterocycles. The van der Waals surface area contributed by atoms with Crippen LogP contribution in [0.4, 0.5) is 0 Å². The number of amides is 2. The van der Waals surface area contributed by atoms with Gasteiger partial charge in [-0.15, -0.1) is 11.3 Å². The second-order valence-electron chi connectivity index (χ2n) is 6.17. The van der Waals surface area contributed by atoms with Gasteiger partial charge < -0.3 is 0 Å². The SMILES string of the molecule is CCN(CC)S(=O)(=O)c1cccc(C(=O)NNC(=O)c2cc(-c3cccs3)[nH]n2)c1. The number of hydrogen-bond acceptors (Lipinski definition) is 6. The first kappa shape index (κ1) is 21.7. The number of nitrogens with one attached hydrogen (secondary N) is 3. The normalized spacial score (nSPS) is 11.4. The number of aromatic amines is 1. The third-order valence-electron chi connectivity index (χ3n) is 4.33. The van der Waals surface area contributed by atoms with Crippen LogP contribution in [0.3, 0.4) is 0 Å². The summed E-state index contributed by atoms with van der Waals surface area (Å²) in [4.78, 5) is 25.6. The van der Waals surface area contributed by atoms with Crippen LogP contribution in [0.1, 0.15) is 34.7 Å². The van der Waals surface area contributed by atoms with Crippen LogP contribution in [-0.4, -0.2) is 47.8 Å². The largest absolute Gasteiger partial charge is 0.290 e. The number of aromatic nitrogens is 2. The number of hydrazine groups is 1. The molecule has 0 saturated heterocycles. The van der Waals surface area contributed by atoms with Crippen molar-refractivity contribution in [2.24, 2.45) is 0 Å². The molecule has 0 atom stereocenters. The highest BCUT2D eigenvalue weighted by atomic mass is 32.2. The number of benzene rings is 1. The predicted octanol–water partition coefficient (Wildman–Crippen LogP) is 2.24. The van der Waals surface area contributed by atoms with Gasteiger partial charge in [-0.25, -0.2) is 8.42 Å². The molecule has 0 fully saturated rings. The van der Waals surface area contributed by atoms with Crippen LogP contribution in [0.2, 0.25) is 0 Å². The third kappa shape index (κ3) is 4.58. The number of thiophene rings is 1. The molecule has 3 aromatic rings. The molecule has 0 bridgehead atoms. The van der Waals surface area contributed by atoms with Gasteiger partial charge in [0.1, 0.15) is 0 Å². The Morgan fingerprint density at radius 2 is 1.80 bits per heavy atom. The van der Waals surface area contributed by atoms with E-state index in [-0.39, 0.29) is 16.2 Å². The summed E-state index contributed by atoms with van der Waals surface area (Å²) in [5.74, 6) is -1.25. The van der Waals surface area contributed by atoms with Gasteiger partial charge in [-0.2, -0.15) is 9.40 Å². The molecule has 2 aromatic heterocycles. The average Bonchev–Trinajstić information content (AvgIpc) is 3.44. The number of carbonyl (C=O) groups is 2. The molecule has 3 rings (SSSR count). The third-order valence-corrected chi connectivity index (χ3v) is 7.28. The van der Waals surface area contributed by atoms with Crippen LogP contribution in [0, 0.1) is 0 Å². The number of nitrogens with zero attached hydrogens (tertiary/aromatic N) is 2. The molecule has 0 aliphatic rings. The Kier molecular flexibility index (Phi) is 6.65. The Hall–Kier alpha value is -3.02. The van der Waals surface area contributed by atoms with Crippen molar-refractivity contribution >= 4 is 33.2 Å². The highest BCUT2D eigenvalue weighted by Gasteiger charge is 2.22. The van der Waals surface area contributed by atoms with Crippen LogP contribution in [0.5, 0.6) is 0 Å². The zero-order valence-electron chi connectivity index (χ0n) is 16.4. The summed E-state index contributed by atoms with van der Waals surface area (Å²) in [5.41, 5.74) is 5.46. The number of hydrogen-bond donors (Lipinski definition) is 3. The van der Waals surface area contributed by atoms with Gasteiger partial charge in [-0.3, -0.25) is 25.5 Å². The lowest BCUT2D eigenvalue weighted by Gasteiger charge is -2.18. The van der Waals surface area contributed by atoms with E-state index < -0.39 is 21.8 Å². The van der Waals surface area contributed by atoms with E-state index in [0.29, 0.717) is 18.8 Å². The molecule has 158 valence electrons. The smallest absolute Gasteiger partial charge is 0.276 e. The molecule has 0 spiro atoms. The fourth-order valence-electron chi connectivity index (χ4n) is 2.76. The molecule has 0 unspecified atom stereocenters. The van der Waals surface area contributed by atoms with Crippen molar-refractivity contribution in [3.63, 3.8) is 0 Å². The molecule has 0 radical (unpaired) electrons. The Labute approximate surface area is 178 Å². The first-order chi connectivity index (χ1) is 14.4. The Bertz CT molecular complexity index is 1140. The maximum atomic E-state index is 12.6. The van der Waals surface area contributed by atoms with Crippen molar-refractivity contribution < 1.29 is 18.0 Å². The van der Waals surface area contributed by atoms with E-state index in [4.69, 9.17) is 0 Å². The molecule has 3 N–H and O–H groups in total. The van der Waals surface area contributed by atoms with Gasteiger partial charge in [0, 0.05) is 18.7 Å². The fraction of sp³-hybridized carbons (Fsp3) is 0.211. The second-order valence-corrected chi connectivity index (χ2v) is 9.06. The van der Waals surface area contributed by atoms with Crippen LogP contribution in [0.25, 0.3) is 10.6 Å². The average molecular weight is 448 g/mol. The van der Waals surface area contributed by atoms with Crippen molar-refractivity contribution in [1.82, 2.24) is 25.4 Å². The zero-order valence-corrected chi connectivity index (χ0v) is 18.0. The first-order valence-electron chi connectivity index (χ1n) is 9.17. The Balaban J connectivity index is 1.67. The quantitative estimate of drug-likeness (QED) is 0.479. The number of carbonyl (C=O) groups excluding carboxylic acids is 2. The van der Waals surface area contributed by atoms with Gasteiger partial charge in [0.2, 0.25) is 10.0 Å². The van der Waals surface area contributed by atoms with Crippen molar-refractivity contribution in [2.45, 2.75) is 18.7 Å². The molecule has 0 aliphatic carbocycles. The number of sulfonamides is 1. The summed E-state index contributed by atoms with van der Waals surface area (Å²) in [6.07, 6.45) is 0. The highest BCUT2D eigenvalue weighted by Crippen LogP contribution is 2.22. The summed E-state index contributed by atoms with van der Waals surface area (Å²) in [6.45, 7) is 4.13. The van der Waals surface area contributed by atoms with Crippen molar-refractivity contribution in [2.75, 3.05) is 13.1 Å². The van der Waals surface area contributed by atoms with Gasteiger partial charge >= 0.3 is 0 Å². The number of rotatable bonds is 7. The zero-order chi connectivity index (χ0) is 21.7. The van der Waals surface area contributed by atoms with Crippen LogP contribution in [0.15, 0.2) is 52.7 Å². The Morgan fingerprint density at radius 1 is 1.07 bits per heavy atom. The summed E-state index contributed by atoms with van der Waals surface area (Å²) in [5, 5.41) is 8.62. The van der Waals surface area contributed by atoms with E-state index in [0.717, 1.165) is 4.88 Å². The second kappa shape index (κ2) is 9.20. The van der Waals surface area contributed by atoms with E-state index in [2.05, 4.69) is 21.0 Å². The summed E-state index contributed by atoms with van der Waals surface area (Å²) in [6, 6.07) is 11.0. The summed E-state index contributed by atoms with van der Waals surface area (Å²) >= 11 is 1.50. The molecule has 9 nitrogen and oxygen atoms in total. The molecular weight excluding hydrogens is 426 g/mol. The van der Waals surface area contributed by atoms with Gasteiger partial charge in [0.25, 0.3) is 11.8 Å². The molecule has 1 aromatic carbocycles. The van der Waals surface area contributed by atoms with Crippen LogP contribution < -0.4 is 10.9 Å². The lowest BCUT2D eigenvalue weighted by molar-refractivity contribution is 0.0844. The minimum atomic E-state index is -3.70. The fourth-order valence-corrected chi connectivity index (χ4v) is 4.95. The topological polar surface area (TPSA) is 124 Å². The number of H-pyrrole nitrogens is 1. The lowest BCUT2D eigenvalue weighted by atomic mass is 10.2. The van der Waals surface area contributed by atoms with E-state index >= 15 is 0 Å². The van der Waals surface area contributed by atoms with Crippen molar-refractivity contribution in [3.8, 4) is 10.6 Å². The van der Waals surface area contributed by atoms with Crippen molar-refractivity contribution in [3.05, 3.63) is 59.1 Å². The monoisotopic (exact) mass is 447 g/mol. The Morgan fingerprint density at radius 3 is 2.47 bits per heavy atom. The minimum absolute atomic E-state index is 0.0121. The first-order valence-corrected chi connectivity index (χ1v) is 11.5. The lowest BCUT2D eigenvalue weighted by Crippen LogP contribution is -2.41. The highest BCUT2D eigenvalue weighted by molar-refractivity contribution is 7.89. The molecule has 0 saturated carbocycles. The minimum Gasteiger partial charge on any atom is -0.276 e. The molecular formula is C19H21N5O4S2. The predicted molar refractivity (Wildman–Crippen MR) is 113 cm³/mol. The molecule has 11 heteroatoms. The standard InChI is InChI=1S/C19H21N5O4S2/c1-3-24(4-2)30(27,28)14-8-5-7-13(11-14)18(25)22-23-19(26)16-12-15(20-21-16)17-9-6-10-29-17/h5-12H,3-4H2,1-2H3,(H,20,21)(H,22,25)(H,23,26). The van der Waals surface area contributed by atoms with E-state index in [1.807, 2.05) is 17.5 Å². The van der Waals surface area contributed by atoms with E-state index in [1.165, 1.54) is 39.9 Å². The van der Waals surface area contributed by atoms with Crippen molar-refractivity contribution in [1.29, 1.82) is 0 Å². The van der Waals surface area contributed by atoms with Gasteiger partial charge in [0.05, 0.1) is 15.5 Å². The maximum absolute atomic E-state index is 12.6. The maximum Gasteiger partial charge on any atom is 0.290 e. The van der Waals surface area contributed by atoms with Crippen LogP contribution in [-0.2, 0) is 10.0 Å². The van der Waals surface area contributed by atoms with Gasteiger partial charge in [-0.05, 0) is 35.7 Å². The van der Waals surface area contributed by atoms with Gasteiger partial charge in [0.15, 0.2) is 5.69 Å². The van der Waals surface area contributed by atoms with Crippen LogP contribution >= 0.6 is 11.3 Å². The van der Waals surface area contributed by atoms with E-state index in [9.17, 15) is 18.0 Å². The molecule has 30 heavy (non-hydrogen) atoms. The molecule has 2 amide bonds. The molecule has 0 aliphatic heterocycles. The summed E-state index contributed by atoms with van der Waals surface area (Å²) in [7, 11) is -3.70. The summed E-state index contributed by atoms with van der Waals surface area (Å²) < 4.78 is 26.6. The van der Waals surface area contributed by atoms with E-state index in [1.54, 1.807) is 19.9 Å².